The van der Waals surface area contributed by atoms with E-state index in [0.29, 0.717) is 12.5 Å². The second-order valence-corrected chi connectivity index (χ2v) is 7.74. The molecule has 1 amide bonds. The van der Waals surface area contributed by atoms with Crippen LogP contribution in [0, 0.1) is 20.8 Å². The third kappa shape index (κ3) is 5.82. The van der Waals surface area contributed by atoms with Gasteiger partial charge in [0.05, 0.1) is 18.8 Å². The van der Waals surface area contributed by atoms with E-state index < -0.39 is 0 Å². The van der Waals surface area contributed by atoms with Gasteiger partial charge in [0.25, 0.3) is 0 Å². The van der Waals surface area contributed by atoms with Crippen molar-refractivity contribution in [3.05, 3.63) is 43.8 Å². The molecule has 6 nitrogen and oxygen atoms in total. The third-order valence-electron chi connectivity index (χ3n) is 3.59. The summed E-state index contributed by atoms with van der Waals surface area (Å²) in [5, 5.41) is 10.1. The Labute approximate surface area is 160 Å². The fourth-order valence-corrected chi connectivity index (χ4v) is 3.32. The Morgan fingerprint density at radius 3 is 2.68 bits per heavy atom. The lowest BCUT2D eigenvalue weighted by molar-refractivity contribution is -0.115. The van der Waals surface area contributed by atoms with Crippen LogP contribution in [0.15, 0.2) is 27.7 Å². The number of carbonyl (C=O) groups is 1. The topological polar surface area (TPSA) is 78.4 Å². The number of anilines is 1. The molecule has 0 fully saturated rings. The van der Waals surface area contributed by atoms with Crippen LogP contribution in [0.25, 0.3) is 0 Å². The predicted molar refractivity (Wildman–Crippen MR) is 107 cm³/mol. The first-order chi connectivity index (χ1) is 11.9. The lowest BCUT2D eigenvalue weighted by atomic mass is 10.2. The average molecular weight is 424 g/mol. The number of thiazole rings is 1. The van der Waals surface area contributed by atoms with Gasteiger partial charge < -0.3 is 16.0 Å². The zero-order valence-electron chi connectivity index (χ0n) is 14.7. The molecule has 0 aliphatic rings. The molecule has 0 saturated carbocycles. The molecule has 0 saturated heterocycles. The molecule has 2 aromatic rings. The van der Waals surface area contributed by atoms with Gasteiger partial charge in [-0.3, -0.25) is 9.79 Å². The number of nitrogens with zero attached hydrogens (tertiary/aromatic N) is 2. The van der Waals surface area contributed by atoms with Gasteiger partial charge >= 0.3 is 0 Å². The summed E-state index contributed by atoms with van der Waals surface area (Å²) in [5.41, 5.74) is 2.85. The minimum absolute atomic E-state index is 0.127. The van der Waals surface area contributed by atoms with E-state index in [4.69, 9.17) is 0 Å². The minimum Gasteiger partial charge on any atom is -0.350 e. The first-order valence-electron chi connectivity index (χ1n) is 7.82. The highest BCUT2D eigenvalue weighted by molar-refractivity contribution is 9.10. The van der Waals surface area contributed by atoms with Gasteiger partial charge in [0.15, 0.2) is 5.96 Å². The van der Waals surface area contributed by atoms with Crippen LogP contribution in [0.1, 0.15) is 21.1 Å². The summed E-state index contributed by atoms with van der Waals surface area (Å²) in [5.74, 6) is 0.428. The van der Waals surface area contributed by atoms with E-state index in [1.807, 2.05) is 32.0 Å². The SMILES string of the molecule is CN=C(NCC(=O)Nc1cc(Br)ccc1C)NCc1nc(C)c(C)s1. The predicted octanol–water partition coefficient (Wildman–Crippen LogP) is 3.13. The van der Waals surface area contributed by atoms with Gasteiger partial charge in [0.1, 0.15) is 5.01 Å². The van der Waals surface area contributed by atoms with Crippen molar-refractivity contribution >= 4 is 44.8 Å². The Balaban J connectivity index is 1.83. The summed E-state index contributed by atoms with van der Waals surface area (Å²) < 4.78 is 0.924. The largest absolute Gasteiger partial charge is 0.350 e. The number of rotatable bonds is 5. The summed E-state index contributed by atoms with van der Waals surface area (Å²) in [6.45, 7) is 6.70. The fourth-order valence-electron chi connectivity index (χ4n) is 2.08. The molecular weight excluding hydrogens is 402 g/mol. The molecule has 0 radical (unpaired) electrons. The molecule has 1 aromatic heterocycles. The molecule has 134 valence electrons. The zero-order valence-corrected chi connectivity index (χ0v) is 17.1. The summed E-state index contributed by atoms with van der Waals surface area (Å²) in [4.78, 5) is 21.9. The van der Waals surface area contributed by atoms with Crippen molar-refractivity contribution < 1.29 is 4.79 Å². The zero-order chi connectivity index (χ0) is 18.4. The van der Waals surface area contributed by atoms with E-state index in [9.17, 15) is 4.79 Å². The summed E-state index contributed by atoms with van der Waals surface area (Å²) in [6, 6.07) is 5.77. The Kier molecular flexibility index (Phi) is 6.95. The van der Waals surface area contributed by atoms with Crippen LogP contribution in [0.3, 0.4) is 0 Å². The van der Waals surface area contributed by atoms with E-state index in [1.54, 1.807) is 18.4 Å². The first kappa shape index (κ1) is 19.4. The highest BCUT2D eigenvalue weighted by Crippen LogP contribution is 2.20. The number of aliphatic imine (C=N–C) groups is 1. The van der Waals surface area contributed by atoms with Crippen LogP contribution < -0.4 is 16.0 Å². The minimum atomic E-state index is -0.134. The molecule has 0 unspecified atom stereocenters. The van der Waals surface area contributed by atoms with E-state index in [-0.39, 0.29) is 12.5 Å². The van der Waals surface area contributed by atoms with Crippen molar-refractivity contribution in [3.8, 4) is 0 Å². The number of nitrogens with one attached hydrogen (secondary N) is 3. The first-order valence-corrected chi connectivity index (χ1v) is 9.43. The van der Waals surface area contributed by atoms with Crippen LogP contribution >= 0.6 is 27.3 Å². The van der Waals surface area contributed by atoms with Crippen molar-refractivity contribution in [1.29, 1.82) is 0 Å². The molecule has 3 N–H and O–H groups in total. The van der Waals surface area contributed by atoms with Crippen molar-refractivity contribution in [3.63, 3.8) is 0 Å². The molecule has 0 aliphatic heterocycles. The van der Waals surface area contributed by atoms with Crippen LogP contribution in [0.4, 0.5) is 5.69 Å². The van der Waals surface area contributed by atoms with Crippen molar-refractivity contribution in [2.75, 3.05) is 18.9 Å². The van der Waals surface area contributed by atoms with E-state index in [2.05, 4.69) is 48.8 Å². The molecular formula is C17H22BrN5OS. The highest BCUT2D eigenvalue weighted by Gasteiger charge is 2.08. The molecule has 0 atom stereocenters. The average Bonchev–Trinajstić information content (AvgIpc) is 2.89. The maximum atomic E-state index is 12.1. The number of carbonyl (C=O) groups excluding carboxylic acids is 1. The number of amides is 1. The van der Waals surface area contributed by atoms with Gasteiger partial charge in [0, 0.05) is 22.1 Å². The normalized spacial score (nSPS) is 11.3. The van der Waals surface area contributed by atoms with Gasteiger partial charge in [-0.25, -0.2) is 4.98 Å². The van der Waals surface area contributed by atoms with Crippen LogP contribution in [0.5, 0.6) is 0 Å². The van der Waals surface area contributed by atoms with Gasteiger partial charge in [-0.1, -0.05) is 22.0 Å². The summed E-state index contributed by atoms with van der Waals surface area (Å²) in [7, 11) is 1.67. The molecule has 0 bridgehead atoms. The molecule has 1 aromatic carbocycles. The molecule has 1 heterocycles. The monoisotopic (exact) mass is 423 g/mol. The standard InChI is InChI=1S/C17H22BrN5OS/c1-10-5-6-13(18)7-14(10)23-15(24)8-20-17(19-4)21-9-16-22-11(2)12(3)25-16/h5-7H,8-9H2,1-4H3,(H,23,24)(H2,19,20,21). The van der Waals surface area contributed by atoms with Crippen molar-refractivity contribution in [2.24, 2.45) is 4.99 Å². The van der Waals surface area contributed by atoms with E-state index >= 15 is 0 Å². The number of hydrogen-bond acceptors (Lipinski definition) is 4. The number of hydrogen-bond donors (Lipinski definition) is 3. The molecule has 0 aliphatic carbocycles. The molecule has 8 heteroatoms. The number of aryl methyl sites for hydroxylation is 3. The maximum Gasteiger partial charge on any atom is 0.243 e. The number of aromatic nitrogens is 1. The van der Waals surface area contributed by atoms with Crippen molar-refractivity contribution in [1.82, 2.24) is 15.6 Å². The van der Waals surface area contributed by atoms with Gasteiger partial charge in [0.2, 0.25) is 5.91 Å². The molecule has 25 heavy (non-hydrogen) atoms. The van der Waals surface area contributed by atoms with Crippen LogP contribution in [-0.2, 0) is 11.3 Å². The van der Waals surface area contributed by atoms with Crippen LogP contribution in [-0.4, -0.2) is 30.4 Å². The fraction of sp³-hybridized carbons (Fsp3) is 0.353. The number of halogens is 1. The lowest BCUT2D eigenvalue weighted by Gasteiger charge is -2.12. The van der Waals surface area contributed by atoms with Gasteiger partial charge in [-0.2, -0.15) is 0 Å². The highest BCUT2D eigenvalue weighted by atomic mass is 79.9. The Bertz CT molecular complexity index is 768. The maximum absolute atomic E-state index is 12.1. The second kappa shape index (κ2) is 8.96. The molecule has 2 rings (SSSR count). The van der Waals surface area contributed by atoms with Crippen LogP contribution in [0.2, 0.25) is 0 Å². The Morgan fingerprint density at radius 1 is 1.28 bits per heavy atom. The summed E-state index contributed by atoms with van der Waals surface area (Å²) >= 11 is 5.06. The molecule has 0 spiro atoms. The van der Waals surface area contributed by atoms with Crippen molar-refractivity contribution in [2.45, 2.75) is 27.3 Å². The number of guanidine groups is 1. The van der Waals surface area contributed by atoms with E-state index in [1.165, 1.54) is 4.88 Å². The Hall–Kier alpha value is -1.93. The summed E-state index contributed by atoms with van der Waals surface area (Å²) in [6.07, 6.45) is 0. The second-order valence-electron chi connectivity index (χ2n) is 5.54. The Morgan fingerprint density at radius 2 is 2.04 bits per heavy atom. The quantitative estimate of drug-likeness (QED) is 0.509. The van der Waals surface area contributed by atoms with Gasteiger partial charge in [-0.05, 0) is 38.5 Å². The van der Waals surface area contributed by atoms with E-state index in [0.717, 1.165) is 26.4 Å². The van der Waals surface area contributed by atoms with Gasteiger partial charge in [-0.15, -0.1) is 11.3 Å². The smallest absolute Gasteiger partial charge is 0.243 e. The lowest BCUT2D eigenvalue weighted by Crippen LogP contribution is -2.41. The number of benzene rings is 1. The third-order valence-corrected chi connectivity index (χ3v) is 5.16.